The summed E-state index contributed by atoms with van der Waals surface area (Å²) in [5.74, 6) is 0. The molecule has 0 fully saturated rings. The second kappa shape index (κ2) is 6.00. The number of rotatable bonds is 4. The molecule has 0 saturated heterocycles. The van der Waals surface area contributed by atoms with Crippen LogP contribution in [0.2, 0.25) is 0 Å². The number of hydrogen-bond acceptors (Lipinski definition) is 2. The van der Waals surface area contributed by atoms with Crippen molar-refractivity contribution < 1.29 is 0 Å². The fraction of sp³-hybridized carbons (Fsp3) is 0.188. The Labute approximate surface area is 108 Å². The third-order valence-corrected chi connectivity index (χ3v) is 3.02. The molecule has 2 aromatic carbocycles. The van der Waals surface area contributed by atoms with E-state index in [0.29, 0.717) is 6.54 Å². The van der Waals surface area contributed by atoms with E-state index < -0.39 is 0 Å². The first kappa shape index (κ1) is 12.3. The molecule has 2 aromatic rings. The van der Waals surface area contributed by atoms with Gasteiger partial charge in [-0.3, -0.25) is 5.32 Å². The van der Waals surface area contributed by atoms with Crippen molar-refractivity contribution in [1.82, 2.24) is 5.32 Å². The van der Waals surface area contributed by atoms with Gasteiger partial charge in [0.2, 0.25) is 0 Å². The van der Waals surface area contributed by atoms with Gasteiger partial charge in [-0.2, -0.15) is 5.26 Å². The summed E-state index contributed by atoms with van der Waals surface area (Å²) in [6.45, 7) is 2.79. The van der Waals surface area contributed by atoms with Gasteiger partial charge in [-0.05, 0) is 23.6 Å². The van der Waals surface area contributed by atoms with Crippen LogP contribution in [0.15, 0.2) is 54.6 Å². The van der Waals surface area contributed by atoms with Gasteiger partial charge in [0.05, 0.1) is 6.07 Å². The minimum Gasteiger partial charge on any atom is -0.294 e. The van der Waals surface area contributed by atoms with Crippen LogP contribution in [0.25, 0.3) is 0 Å². The van der Waals surface area contributed by atoms with Gasteiger partial charge in [0.1, 0.15) is 6.04 Å². The quantitative estimate of drug-likeness (QED) is 0.883. The molecule has 1 N–H and O–H groups in total. The van der Waals surface area contributed by atoms with E-state index in [9.17, 15) is 5.26 Å². The van der Waals surface area contributed by atoms with Crippen LogP contribution in [0.1, 0.15) is 22.7 Å². The number of hydrogen-bond donors (Lipinski definition) is 1. The van der Waals surface area contributed by atoms with Crippen molar-refractivity contribution in [2.45, 2.75) is 19.5 Å². The van der Waals surface area contributed by atoms with Crippen molar-refractivity contribution in [1.29, 1.82) is 5.26 Å². The fourth-order valence-electron chi connectivity index (χ4n) is 1.90. The highest BCUT2D eigenvalue weighted by Gasteiger charge is 2.09. The molecule has 2 rings (SSSR count). The predicted molar refractivity (Wildman–Crippen MR) is 72.8 cm³/mol. The van der Waals surface area contributed by atoms with E-state index >= 15 is 0 Å². The van der Waals surface area contributed by atoms with Crippen molar-refractivity contribution in [2.24, 2.45) is 0 Å². The van der Waals surface area contributed by atoms with Crippen molar-refractivity contribution in [3.8, 4) is 6.07 Å². The molecule has 0 spiro atoms. The maximum absolute atomic E-state index is 9.21. The molecular weight excluding hydrogens is 220 g/mol. The van der Waals surface area contributed by atoms with Gasteiger partial charge < -0.3 is 0 Å². The van der Waals surface area contributed by atoms with Crippen LogP contribution in [0.4, 0.5) is 0 Å². The molecule has 0 aliphatic heterocycles. The number of nitriles is 1. The van der Waals surface area contributed by atoms with Crippen molar-refractivity contribution in [3.05, 3.63) is 71.3 Å². The normalized spacial score (nSPS) is 11.8. The average molecular weight is 236 g/mol. The summed E-state index contributed by atoms with van der Waals surface area (Å²) in [5.41, 5.74) is 3.48. The molecule has 0 saturated carbocycles. The molecule has 0 aliphatic rings. The Morgan fingerprint density at radius 1 is 1.06 bits per heavy atom. The minimum absolute atomic E-state index is 0.259. The number of aryl methyl sites for hydroxylation is 1. The highest BCUT2D eigenvalue weighted by Crippen LogP contribution is 2.13. The lowest BCUT2D eigenvalue weighted by molar-refractivity contribution is 0.628. The molecule has 18 heavy (non-hydrogen) atoms. The van der Waals surface area contributed by atoms with Crippen LogP contribution in [-0.4, -0.2) is 0 Å². The van der Waals surface area contributed by atoms with Crippen LogP contribution in [0.5, 0.6) is 0 Å². The van der Waals surface area contributed by atoms with Crippen LogP contribution in [0.3, 0.4) is 0 Å². The fourth-order valence-corrected chi connectivity index (χ4v) is 1.90. The van der Waals surface area contributed by atoms with Crippen molar-refractivity contribution in [2.75, 3.05) is 0 Å². The Morgan fingerprint density at radius 3 is 2.39 bits per heavy atom. The van der Waals surface area contributed by atoms with E-state index in [1.54, 1.807) is 0 Å². The summed E-state index contributed by atoms with van der Waals surface area (Å²) in [6, 6.07) is 20.1. The lowest BCUT2D eigenvalue weighted by Gasteiger charge is -2.13. The first-order chi connectivity index (χ1) is 8.81. The summed E-state index contributed by atoms with van der Waals surface area (Å²) in [4.78, 5) is 0. The van der Waals surface area contributed by atoms with Gasteiger partial charge in [-0.1, -0.05) is 54.6 Å². The van der Waals surface area contributed by atoms with E-state index in [0.717, 1.165) is 5.56 Å². The number of nitrogens with zero attached hydrogens (tertiary/aromatic N) is 1. The van der Waals surface area contributed by atoms with Gasteiger partial charge in [-0.15, -0.1) is 0 Å². The van der Waals surface area contributed by atoms with Crippen molar-refractivity contribution >= 4 is 0 Å². The van der Waals surface area contributed by atoms with E-state index in [-0.39, 0.29) is 6.04 Å². The highest BCUT2D eigenvalue weighted by atomic mass is 14.9. The molecule has 2 nitrogen and oxygen atoms in total. The van der Waals surface area contributed by atoms with Gasteiger partial charge in [0.15, 0.2) is 0 Å². The Kier molecular flexibility index (Phi) is 4.11. The van der Waals surface area contributed by atoms with E-state index in [1.807, 2.05) is 42.5 Å². The van der Waals surface area contributed by atoms with Crippen molar-refractivity contribution in [3.63, 3.8) is 0 Å². The molecule has 2 heteroatoms. The van der Waals surface area contributed by atoms with Crippen LogP contribution in [0, 0.1) is 18.3 Å². The third kappa shape index (κ3) is 2.97. The number of nitrogens with one attached hydrogen (secondary N) is 1. The monoisotopic (exact) mass is 236 g/mol. The van der Waals surface area contributed by atoms with Crippen LogP contribution < -0.4 is 5.32 Å². The molecule has 0 amide bonds. The topological polar surface area (TPSA) is 35.8 Å². The molecular formula is C16H16N2. The summed E-state index contributed by atoms with van der Waals surface area (Å²) >= 11 is 0. The zero-order valence-corrected chi connectivity index (χ0v) is 10.4. The summed E-state index contributed by atoms with van der Waals surface area (Å²) in [7, 11) is 0. The summed E-state index contributed by atoms with van der Waals surface area (Å²) in [5, 5.41) is 12.5. The summed E-state index contributed by atoms with van der Waals surface area (Å²) < 4.78 is 0. The molecule has 0 aliphatic carbocycles. The lowest BCUT2D eigenvalue weighted by atomic mass is 10.1. The van der Waals surface area contributed by atoms with Crippen LogP contribution in [-0.2, 0) is 6.54 Å². The molecule has 1 atom stereocenters. The molecule has 0 radical (unpaired) electrons. The second-order valence-electron chi connectivity index (χ2n) is 4.28. The van der Waals surface area contributed by atoms with Crippen LogP contribution >= 0.6 is 0 Å². The van der Waals surface area contributed by atoms with Gasteiger partial charge in [-0.25, -0.2) is 0 Å². The second-order valence-corrected chi connectivity index (χ2v) is 4.28. The first-order valence-electron chi connectivity index (χ1n) is 6.03. The molecule has 1 unspecified atom stereocenters. The highest BCUT2D eigenvalue weighted by molar-refractivity contribution is 5.27. The number of benzene rings is 2. The SMILES string of the molecule is Cc1ccccc1CNC(C#N)c1ccccc1. The lowest BCUT2D eigenvalue weighted by Crippen LogP contribution is -2.19. The molecule has 0 heterocycles. The minimum atomic E-state index is -0.259. The molecule has 0 bridgehead atoms. The summed E-state index contributed by atoms with van der Waals surface area (Å²) in [6.07, 6.45) is 0. The first-order valence-corrected chi connectivity index (χ1v) is 6.03. The maximum Gasteiger partial charge on any atom is 0.121 e. The predicted octanol–water partition coefficient (Wildman–Crippen LogP) is 3.35. The standard InChI is InChI=1S/C16H16N2/c1-13-7-5-6-10-15(13)12-18-16(11-17)14-8-3-2-4-9-14/h2-10,16,18H,12H2,1H3. The maximum atomic E-state index is 9.21. The molecule has 90 valence electrons. The van der Waals surface area contributed by atoms with Gasteiger partial charge >= 0.3 is 0 Å². The Hall–Kier alpha value is -2.11. The zero-order chi connectivity index (χ0) is 12.8. The smallest absolute Gasteiger partial charge is 0.121 e. The third-order valence-electron chi connectivity index (χ3n) is 3.02. The molecule has 0 aromatic heterocycles. The van der Waals surface area contributed by atoms with Gasteiger partial charge in [0.25, 0.3) is 0 Å². The Balaban J connectivity index is 2.05. The van der Waals surface area contributed by atoms with E-state index in [1.165, 1.54) is 11.1 Å². The Bertz CT molecular complexity index is 541. The van der Waals surface area contributed by atoms with Gasteiger partial charge in [0, 0.05) is 6.54 Å². The zero-order valence-electron chi connectivity index (χ0n) is 10.4. The average Bonchev–Trinajstić information content (AvgIpc) is 2.42. The van der Waals surface area contributed by atoms with E-state index in [2.05, 4.69) is 30.4 Å². The largest absolute Gasteiger partial charge is 0.294 e. The Morgan fingerprint density at radius 2 is 1.72 bits per heavy atom. The van der Waals surface area contributed by atoms with E-state index in [4.69, 9.17) is 0 Å².